The summed E-state index contributed by atoms with van der Waals surface area (Å²) >= 11 is 5.96. The number of carbonyl (C=O) groups is 1. The molecule has 1 rings (SSSR count). The first-order valence-corrected chi connectivity index (χ1v) is 6.52. The first kappa shape index (κ1) is 14.8. The average molecular weight is 270 g/mol. The summed E-state index contributed by atoms with van der Waals surface area (Å²) in [4.78, 5) is 13.6. The lowest BCUT2D eigenvalue weighted by Crippen LogP contribution is -2.26. The molecule has 0 aliphatic heterocycles. The summed E-state index contributed by atoms with van der Waals surface area (Å²) in [6, 6.07) is 5.44. The Balaban J connectivity index is 2.71. The van der Waals surface area contributed by atoms with Crippen LogP contribution in [0.3, 0.4) is 0 Å². The molecule has 0 unspecified atom stereocenters. The van der Waals surface area contributed by atoms with Gasteiger partial charge in [-0.1, -0.05) is 24.9 Å². The van der Waals surface area contributed by atoms with Gasteiger partial charge in [-0.15, -0.1) is 0 Å². The van der Waals surface area contributed by atoms with Gasteiger partial charge in [-0.2, -0.15) is 0 Å². The molecule has 0 aliphatic carbocycles. The van der Waals surface area contributed by atoms with E-state index in [1.165, 1.54) is 0 Å². The summed E-state index contributed by atoms with van der Waals surface area (Å²) in [6.07, 6.45) is 2.55. The standard InChI is InChI=1S/C14H20ClNO2/c1-4-5-6-14(17)16(2)10-11-9-12(15)7-8-13(11)18-3/h7-9H,4-6,10H2,1-3H3. The molecule has 1 aromatic rings. The van der Waals surface area contributed by atoms with E-state index in [0.717, 1.165) is 24.2 Å². The summed E-state index contributed by atoms with van der Waals surface area (Å²) < 4.78 is 5.27. The Bertz CT molecular complexity index is 407. The number of rotatable bonds is 6. The highest BCUT2D eigenvalue weighted by Gasteiger charge is 2.11. The molecule has 0 heterocycles. The largest absolute Gasteiger partial charge is 0.496 e. The SMILES string of the molecule is CCCCC(=O)N(C)Cc1cc(Cl)ccc1OC. The van der Waals surface area contributed by atoms with E-state index < -0.39 is 0 Å². The van der Waals surface area contributed by atoms with E-state index in [2.05, 4.69) is 6.92 Å². The molecule has 0 aromatic heterocycles. The predicted molar refractivity (Wildman–Crippen MR) is 74.0 cm³/mol. The second kappa shape index (κ2) is 7.27. The number of amides is 1. The quantitative estimate of drug-likeness (QED) is 0.791. The summed E-state index contributed by atoms with van der Waals surface area (Å²) in [6.45, 7) is 2.60. The van der Waals surface area contributed by atoms with Crippen LogP contribution in [0.25, 0.3) is 0 Å². The Kier molecular flexibility index (Phi) is 5.99. The third-order valence-electron chi connectivity index (χ3n) is 2.82. The highest BCUT2D eigenvalue weighted by molar-refractivity contribution is 6.30. The average Bonchev–Trinajstić information content (AvgIpc) is 2.36. The monoisotopic (exact) mass is 269 g/mol. The number of hydrogen-bond donors (Lipinski definition) is 0. The zero-order valence-corrected chi connectivity index (χ0v) is 12.0. The van der Waals surface area contributed by atoms with Crippen molar-refractivity contribution in [3.05, 3.63) is 28.8 Å². The molecule has 0 saturated carbocycles. The molecule has 0 radical (unpaired) electrons. The van der Waals surface area contributed by atoms with Crippen LogP contribution in [-0.2, 0) is 11.3 Å². The van der Waals surface area contributed by atoms with E-state index in [0.29, 0.717) is 18.0 Å². The highest BCUT2D eigenvalue weighted by atomic mass is 35.5. The van der Waals surface area contributed by atoms with Crippen molar-refractivity contribution < 1.29 is 9.53 Å². The van der Waals surface area contributed by atoms with Gasteiger partial charge in [0.25, 0.3) is 0 Å². The Morgan fingerprint density at radius 1 is 1.44 bits per heavy atom. The zero-order chi connectivity index (χ0) is 13.5. The number of unbranched alkanes of at least 4 members (excludes halogenated alkanes) is 1. The maximum atomic E-state index is 11.8. The third-order valence-corrected chi connectivity index (χ3v) is 3.06. The van der Waals surface area contributed by atoms with Crippen molar-refractivity contribution in [2.45, 2.75) is 32.7 Å². The summed E-state index contributed by atoms with van der Waals surface area (Å²) in [5.74, 6) is 0.911. The normalized spacial score (nSPS) is 10.2. The first-order chi connectivity index (χ1) is 8.58. The number of ether oxygens (including phenoxy) is 1. The number of hydrogen-bond acceptors (Lipinski definition) is 2. The van der Waals surface area contributed by atoms with Crippen LogP contribution in [0.15, 0.2) is 18.2 Å². The number of nitrogens with zero attached hydrogens (tertiary/aromatic N) is 1. The molecule has 1 aromatic carbocycles. The number of carbonyl (C=O) groups excluding carboxylic acids is 1. The Labute approximate surface area is 114 Å². The van der Waals surface area contributed by atoms with Crippen LogP contribution in [0.1, 0.15) is 31.7 Å². The Hall–Kier alpha value is -1.22. The third kappa shape index (κ3) is 4.22. The van der Waals surface area contributed by atoms with Crippen LogP contribution >= 0.6 is 11.6 Å². The lowest BCUT2D eigenvalue weighted by molar-refractivity contribution is -0.130. The minimum atomic E-state index is 0.152. The Morgan fingerprint density at radius 3 is 2.78 bits per heavy atom. The fourth-order valence-corrected chi connectivity index (χ4v) is 1.93. The van der Waals surface area contributed by atoms with Gasteiger partial charge < -0.3 is 9.64 Å². The molecule has 0 saturated heterocycles. The van der Waals surface area contributed by atoms with Gasteiger partial charge in [-0.05, 0) is 24.6 Å². The molecule has 18 heavy (non-hydrogen) atoms. The van der Waals surface area contributed by atoms with Crippen LogP contribution in [0.2, 0.25) is 5.02 Å². The van der Waals surface area contributed by atoms with E-state index in [-0.39, 0.29) is 5.91 Å². The van der Waals surface area contributed by atoms with Gasteiger partial charge in [0.2, 0.25) is 5.91 Å². The van der Waals surface area contributed by atoms with Gasteiger partial charge in [0.15, 0.2) is 0 Å². The van der Waals surface area contributed by atoms with Gasteiger partial charge in [0.1, 0.15) is 5.75 Å². The van der Waals surface area contributed by atoms with Gasteiger partial charge in [-0.3, -0.25) is 4.79 Å². The molecule has 1 amide bonds. The van der Waals surface area contributed by atoms with Crippen molar-refractivity contribution in [2.24, 2.45) is 0 Å². The van der Waals surface area contributed by atoms with Crippen LogP contribution in [0, 0.1) is 0 Å². The summed E-state index contributed by atoms with van der Waals surface area (Å²) in [5.41, 5.74) is 0.928. The second-order valence-corrected chi connectivity index (χ2v) is 4.75. The molecule has 0 spiro atoms. The molecular weight excluding hydrogens is 250 g/mol. The zero-order valence-electron chi connectivity index (χ0n) is 11.2. The topological polar surface area (TPSA) is 29.5 Å². The van der Waals surface area contributed by atoms with Crippen LogP contribution < -0.4 is 4.74 Å². The fraction of sp³-hybridized carbons (Fsp3) is 0.500. The molecule has 100 valence electrons. The minimum Gasteiger partial charge on any atom is -0.496 e. The van der Waals surface area contributed by atoms with Crippen molar-refractivity contribution in [2.75, 3.05) is 14.2 Å². The molecule has 0 bridgehead atoms. The lowest BCUT2D eigenvalue weighted by Gasteiger charge is -2.19. The second-order valence-electron chi connectivity index (χ2n) is 4.31. The maximum Gasteiger partial charge on any atom is 0.222 e. The van der Waals surface area contributed by atoms with Crippen molar-refractivity contribution >= 4 is 17.5 Å². The van der Waals surface area contributed by atoms with Crippen molar-refractivity contribution in [3.63, 3.8) is 0 Å². The van der Waals surface area contributed by atoms with Gasteiger partial charge in [0.05, 0.1) is 7.11 Å². The van der Waals surface area contributed by atoms with Crippen LogP contribution in [0.5, 0.6) is 5.75 Å². The first-order valence-electron chi connectivity index (χ1n) is 6.14. The lowest BCUT2D eigenvalue weighted by atomic mass is 10.1. The predicted octanol–water partition coefficient (Wildman–Crippen LogP) is 3.50. The Morgan fingerprint density at radius 2 is 2.17 bits per heavy atom. The van der Waals surface area contributed by atoms with Gasteiger partial charge in [-0.25, -0.2) is 0 Å². The van der Waals surface area contributed by atoms with E-state index in [4.69, 9.17) is 16.3 Å². The molecular formula is C14H20ClNO2. The van der Waals surface area contributed by atoms with Crippen molar-refractivity contribution in [1.29, 1.82) is 0 Å². The van der Waals surface area contributed by atoms with E-state index in [9.17, 15) is 4.79 Å². The molecule has 4 heteroatoms. The summed E-state index contributed by atoms with van der Waals surface area (Å²) in [5, 5.41) is 0.653. The molecule has 3 nitrogen and oxygen atoms in total. The van der Waals surface area contributed by atoms with E-state index >= 15 is 0 Å². The van der Waals surface area contributed by atoms with Crippen molar-refractivity contribution in [1.82, 2.24) is 4.90 Å². The van der Waals surface area contributed by atoms with Crippen LogP contribution in [-0.4, -0.2) is 25.0 Å². The van der Waals surface area contributed by atoms with Crippen molar-refractivity contribution in [3.8, 4) is 5.75 Å². The highest BCUT2D eigenvalue weighted by Crippen LogP contribution is 2.23. The number of methoxy groups -OCH3 is 1. The smallest absolute Gasteiger partial charge is 0.222 e. The van der Waals surface area contributed by atoms with Gasteiger partial charge in [0, 0.05) is 30.6 Å². The number of halogens is 1. The number of benzene rings is 1. The molecule has 0 atom stereocenters. The minimum absolute atomic E-state index is 0.152. The fourth-order valence-electron chi connectivity index (χ4n) is 1.73. The maximum absolute atomic E-state index is 11.8. The molecule has 0 N–H and O–H groups in total. The van der Waals surface area contributed by atoms with E-state index in [1.807, 2.05) is 12.1 Å². The van der Waals surface area contributed by atoms with Gasteiger partial charge >= 0.3 is 0 Å². The molecule has 0 aliphatic rings. The summed E-state index contributed by atoms with van der Waals surface area (Å²) in [7, 11) is 3.42. The van der Waals surface area contributed by atoms with E-state index in [1.54, 1.807) is 25.1 Å². The van der Waals surface area contributed by atoms with Crippen LogP contribution in [0.4, 0.5) is 0 Å². The molecule has 0 fully saturated rings.